The molecule has 2 aromatic heterocycles. The van der Waals surface area contributed by atoms with E-state index in [2.05, 4.69) is 15.4 Å². The van der Waals surface area contributed by atoms with Crippen LogP contribution in [-0.2, 0) is 13.5 Å². The van der Waals surface area contributed by atoms with Crippen LogP contribution in [0.5, 0.6) is 0 Å². The molecule has 0 aliphatic heterocycles. The van der Waals surface area contributed by atoms with Crippen molar-refractivity contribution in [2.24, 2.45) is 7.05 Å². The zero-order valence-electron chi connectivity index (χ0n) is 11.1. The number of hydrogen-bond acceptors (Lipinski definition) is 3. The summed E-state index contributed by atoms with van der Waals surface area (Å²) in [7, 11) is 1.89. The van der Waals surface area contributed by atoms with Crippen LogP contribution in [0.3, 0.4) is 0 Å². The van der Waals surface area contributed by atoms with Crippen molar-refractivity contribution in [3.05, 3.63) is 47.3 Å². The fourth-order valence-corrected chi connectivity index (χ4v) is 2.65. The highest BCUT2D eigenvalue weighted by Gasteiger charge is 2.25. The summed E-state index contributed by atoms with van der Waals surface area (Å²) in [5, 5.41) is 7.10. The Labute approximate surface area is 115 Å². The first-order valence-electron chi connectivity index (χ1n) is 6.59. The van der Waals surface area contributed by atoms with E-state index < -0.39 is 11.9 Å². The summed E-state index contributed by atoms with van der Waals surface area (Å²) >= 11 is 0. The number of fused-ring (bicyclic) bond motifs is 1. The second kappa shape index (κ2) is 5.03. The Morgan fingerprint density at radius 1 is 1.55 bits per heavy atom. The Bertz CT molecular complexity index is 652. The average molecular weight is 274 g/mol. The first-order chi connectivity index (χ1) is 9.66. The van der Waals surface area contributed by atoms with Gasteiger partial charge in [-0.1, -0.05) is 0 Å². The summed E-state index contributed by atoms with van der Waals surface area (Å²) in [5.41, 5.74) is 2.13. The van der Waals surface area contributed by atoms with Crippen LogP contribution in [0.25, 0.3) is 0 Å². The molecule has 0 saturated heterocycles. The highest BCUT2D eigenvalue weighted by Crippen LogP contribution is 2.29. The Morgan fingerprint density at radius 3 is 3.20 bits per heavy atom. The number of nitrogens with one attached hydrogen (secondary N) is 1. The topological polar surface area (TPSA) is 59.8 Å². The van der Waals surface area contributed by atoms with E-state index in [-0.39, 0.29) is 11.6 Å². The number of amides is 1. The highest BCUT2D eigenvalue weighted by molar-refractivity contribution is 5.94. The van der Waals surface area contributed by atoms with Crippen LogP contribution >= 0.6 is 0 Å². The third-order valence-electron chi connectivity index (χ3n) is 3.68. The normalized spacial score (nSPS) is 17.6. The van der Waals surface area contributed by atoms with Crippen molar-refractivity contribution in [3.8, 4) is 0 Å². The number of hydrogen-bond donors (Lipinski definition) is 1. The van der Waals surface area contributed by atoms with Gasteiger partial charge in [0, 0.05) is 24.5 Å². The van der Waals surface area contributed by atoms with Crippen molar-refractivity contribution in [2.75, 3.05) is 0 Å². The van der Waals surface area contributed by atoms with Crippen LogP contribution in [0.15, 0.2) is 24.5 Å². The molecule has 1 unspecified atom stereocenters. The number of aryl methyl sites for hydroxylation is 1. The molecule has 1 amide bonds. The van der Waals surface area contributed by atoms with Crippen LogP contribution in [0.1, 0.15) is 40.5 Å². The zero-order valence-corrected chi connectivity index (χ0v) is 11.1. The second-order valence-electron chi connectivity index (χ2n) is 4.93. The van der Waals surface area contributed by atoms with E-state index in [0.29, 0.717) is 0 Å². The van der Waals surface area contributed by atoms with Crippen molar-refractivity contribution >= 4 is 5.91 Å². The molecule has 2 aromatic rings. The minimum absolute atomic E-state index is 0.0245. The first-order valence-corrected chi connectivity index (χ1v) is 6.59. The van der Waals surface area contributed by atoms with Crippen molar-refractivity contribution in [1.29, 1.82) is 0 Å². The highest BCUT2D eigenvalue weighted by atomic mass is 19.1. The molecular formula is C14H15FN4O. The van der Waals surface area contributed by atoms with Crippen LogP contribution in [0.4, 0.5) is 4.39 Å². The van der Waals surface area contributed by atoms with Gasteiger partial charge in [0.15, 0.2) is 0 Å². The summed E-state index contributed by atoms with van der Waals surface area (Å²) in [6.45, 7) is 0. The molecule has 20 heavy (non-hydrogen) atoms. The average Bonchev–Trinajstić information content (AvgIpc) is 2.82. The van der Waals surface area contributed by atoms with Gasteiger partial charge in [0.25, 0.3) is 5.91 Å². The van der Waals surface area contributed by atoms with E-state index in [1.807, 2.05) is 11.7 Å². The Hall–Kier alpha value is -2.24. The number of aromatic nitrogens is 3. The molecule has 5 nitrogen and oxygen atoms in total. The number of rotatable bonds is 2. The second-order valence-corrected chi connectivity index (χ2v) is 4.93. The van der Waals surface area contributed by atoms with Crippen molar-refractivity contribution in [2.45, 2.75) is 25.3 Å². The standard InChI is InChI=1S/C14H15FN4O/c1-19-12-6-2-5-11(10(12)8-17-19)18-14(20)9-4-3-7-16-13(9)15/h3-4,7-8,11H,2,5-6H2,1H3,(H,18,20). The van der Waals surface area contributed by atoms with Gasteiger partial charge >= 0.3 is 0 Å². The molecule has 0 fully saturated rings. The van der Waals surface area contributed by atoms with Crippen molar-refractivity contribution in [1.82, 2.24) is 20.1 Å². The molecular weight excluding hydrogens is 259 g/mol. The molecule has 0 radical (unpaired) electrons. The molecule has 0 spiro atoms. The summed E-state index contributed by atoms with van der Waals surface area (Å²) < 4.78 is 15.3. The van der Waals surface area contributed by atoms with Crippen LogP contribution in [-0.4, -0.2) is 20.7 Å². The minimum Gasteiger partial charge on any atom is -0.345 e. The lowest BCUT2D eigenvalue weighted by molar-refractivity contribution is 0.0927. The lowest BCUT2D eigenvalue weighted by Crippen LogP contribution is -2.31. The third kappa shape index (κ3) is 2.17. The predicted octanol–water partition coefficient (Wildman–Crippen LogP) is 1.76. The number of carbonyl (C=O) groups excluding carboxylic acids is 1. The molecule has 1 atom stereocenters. The maximum atomic E-state index is 13.5. The van der Waals surface area contributed by atoms with Gasteiger partial charge in [-0.3, -0.25) is 9.48 Å². The van der Waals surface area contributed by atoms with Gasteiger partial charge < -0.3 is 5.32 Å². The molecule has 0 aromatic carbocycles. The maximum Gasteiger partial charge on any atom is 0.256 e. The van der Waals surface area contributed by atoms with E-state index in [1.54, 1.807) is 12.3 Å². The smallest absolute Gasteiger partial charge is 0.256 e. The fourth-order valence-electron chi connectivity index (χ4n) is 2.65. The SMILES string of the molecule is Cn1ncc2c1CCCC2NC(=O)c1cccnc1F. The molecule has 0 saturated carbocycles. The summed E-state index contributed by atoms with van der Waals surface area (Å²) in [6.07, 6.45) is 5.88. The molecule has 1 aliphatic carbocycles. The van der Waals surface area contributed by atoms with Crippen LogP contribution < -0.4 is 5.32 Å². The lowest BCUT2D eigenvalue weighted by Gasteiger charge is -2.23. The molecule has 2 heterocycles. The largest absolute Gasteiger partial charge is 0.345 e. The van der Waals surface area contributed by atoms with Crippen molar-refractivity contribution < 1.29 is 9.18 Å². The van der Waals surface area contributed by atoms with Gasteiger partial charge in [0.2, 0.25) is 5.95 Å². The molecule has 3 rings (SSSR count). The molecule has 104 valence electrons. The van der Waals surface area contributed by atoms with E-state index in [1.165, 1.54) is 12.3 Å². The van der Waals surface area contributed by atoms with Crippen LogP contribution in [0, 0.1) is 5.95 Å². The van der Waals surface area contributed by atoms with E-state index >= 15 is 0 Å². The van der Waals surface area contributed by atoms with E-state index in [4.69, 9.17) is 0 Å². The molecule has 1 N–H and O–H groups in total. The maximum absolute atomic E-state index is 13.5. The van der Waals surface area contributed by atoms with Crippen LogP contribution in [0.2, 0.25) is 0 Å². The number of nitrogens with zero attached hydrogens (tertiary/aromatic N) is 3. The fraction of sp³-hybridized carbons (Fsp3) is 0.357. The summed E-state index contributed by atoms with van der Waals surface area (Å²) in [4.78, 5) is 15.6. The number of halogens is 1. The van der Waals surface area contributed by atoms with Gasteiger partial charge in [-0.05, 0) is 31.4 Å². The van der Waals surface area contributed by atoms with E-state index in [9.17, 15) is 9.18 Å². The van der Waals surface area contributed by atoms with Gasteiger partial charge in [0.05, 0.1) is 17.8 Å². The minimum atomic E-state index is -0.743. The van der Waals surface area contributed by atoms with Crippen molar-refractivity contribution in [3.63, 3.8) is 0 Å². The van der Waals surface area contributed by atoms with Gasteiger partial charge in [-0.15, -0.1) is 0 Å². The predicted molar refractivity (Wildman–Crippen MR) is 70.5 cm³/mol. The van der Waals surface area contributed by atoms with Gasteiger partial charge in [0.1, 0.15) is 0 Å². The zero-order chi connectivity index (χ0) is 14.1. The van der Waals surface area contributed by atoms with E-state index in [0.717, 1.165) is 30.5 Å². The Kier molecular flexibility index (Phi) is 3.22. The molecule has 1 aliphatic rings. The quantitative estimate of drug-likeness (QED) is 0.849. The number of pyridine rings is 1. The van der Waals surface area contributed by atoms with Gasteiger partial charge in [-0.25, -0.2) is 4.98 Å². The van der Waals surface area contributed by atoms with Gasteiger partial charge in [-0.2, -0.15) is 9.49 Å². The summed E-state index contributed by atoms with van der Waals surface area (Å²) in [6, 6.07) is 2.87. The summed E-state index contributed by atoms with van der Waals surface area (Å²) in [5.74, 6) is -1.18. The lowest BCUT2D eigenvalue weighted by atomic mass is 9.93. The number of carbonyl (C=O) groups is 1. The monoisotopic (exact) mass is 274 g/mol. The first kappa shape index (κ1) is 12.8. The molecule has 0 bridgehead atoms. The Morgan fingerprint density at radius 2 is 2.40 bits per heavy atom. The molecule has 6 heteroatoms. The Balaban J connectivity index is 1.83. The third-order valence-corrected chi connectivity index (χ3v) is 3.68.